The molecule has 72 valence electrons. The van der Waals surface area contributed by atoms with Crippen LogP contribution in [0.5, 0.6) is 0 Å². The molecule has 0 bridgehead atoms. The van der Waals surface area contributed by atoms with Crippen molar-refractivity contribution < 1.29 is 0 Å². The van der Waals surface area contributed by atoms with Gasteiger partial charge in [0.1, 0.15) is 0 Å². The van der Waals surface area contributed by atoms with Crippen molar-refractivity contribution in [2.75, 3.05) is 0 Å². The highest BCUT2D eigenvalue weighted by molar-refractivity contribution is 5.13. The van der Waals surface area contributed by atoms with Gasteiger partial charge < -0.3 is 0 Å². The van der Waals surface area contributed by atoms with E-state index < -0.39 is 0 Å². The van der Waals surface area contributed by atoms with Crippen molar-refractivity contribution in [1.82, 2.24) is 0 Å². The zero-order chi connectivity index (χ0) is 10.1. The molecule has 0 aromatic rings. The van der Waals surface area contributed by atoms with Crippen LogP contribution in [0.1, 0.15) is 47.0 Å². The van der Waals surface area contributed by atoms with E-state index in [0.29, 0.717) is 10.8 Å². The van der Waals surface area contributed by atoms with Crippen LogP contribution < -0.4 is 0 Å². The Morgan fingerprint density at radius 2 is 2.00 bits per heavy atom. The van der Waals surface area contributed by atoms with E-state index >= 15 is 0 Å². The quantitative estimate of drug-likeness (QED) is 0.603. The topological polar surface area (TPSA) is 23.8 Å². The smallest absolute Gasteiger partial charge is 0.0911 e. The maximum atomic E-state index is 8.46. The van der Waals surface area contributed by atoms with E-state index in [-0.39, 0.29) is 0 Å². The lowest BCUT2D eigenvalue weighted by atomic mass is 9.91. The molecule has 1 unspecified atom stereocenters. The fraction of sp³-hybridized carbons (Fsp3) is 0.750. The largest absolute Gasteiger partial charge is 0.193 e. The van der Waals surface area contributed by atoms with Crippen LogP contribution in [-0.4, -0.2) is 0 Å². The van der Waals surface area contributed by atoms with Gasteiger partial charge in [-0.1, -0.05) is 26.3 Å². The Hall–Kier alpha value is -0.770. The first-order valence-electron chi connectivity index (χ1n) is 4.97. The summed E-state index contributed by atoms with van der Waals surface area (Å²) in [5.74, 6) is 0. The molecule has 1 nitrogen and oxygen atoms in total. The van der Waals surface area contributed by atoms with E-state index in [1.54, 1.807) is 6.08 Å². The molecule has 1 fully saturated rings. The standard InChI is InChI=1S/C12H19N/c1-10(6-8-13)5-7-12(4)9-11(12,2)3/h6H,5,7,9H2,1-4H3/b10-6-. The summed E-state index contributed by atoms with van der Waals surface area (Å²) in [6, 6.07) is 2.08. The van der Waals surface area contributed by atoms with Gasteiger partial charge in [0.2, 0.25) is 0 Å². The Bertz CT molecular complexity index is 267. The van der Waals surface area contributed by atoms with Crippen molar-refractivity contribution in [2.24, 2.45) is 10.8 Å². The van der Waals surface area contributed by atoms with E-state index in [1.807, 2.05) is 6.92 Å². The Balaban J connectivity index is 2.38. The van der Waals surface area contributed by atoms with Gasteiger partial charge in [-0.15, -0.1) is 0 Å². The molecule has 1 aliphatic rings. The van der Waals surface area contributed by atoms with E-state index in [4.69, 9.17) is 5.26 Å². The summed E-state index contributed by atoms with van der Waals surface area (Å²) in [5, 5.41) is 8.46. The Kier molecular flexibility index (Phi) is 2.52. The molecule has 1 atom stereocenters. The van der Waals surface area contributed by atoms with Crippen LogP contribution in [-0.2, 0) is 0 Å². The molecule has 0 aromatic heterocycles. The molecule has 1 rings (SSSR count). The maximum Gasteiger partial charge on any atom is 0.0911 e. The highest BCUT2D eigenvalue weighted by Gasteiger charge is 2.56. The monoisotopic (exact) mass is 177 g/mol. The van der Waals surface area contributed by atoms with Crippen molar-refractivity contribution in [3.63, 3.8) is 0 Å². The average Bonchev–Trinajstić information content (AvgIpc) is 2.49. The second kappa shape index (κ2) is 3.18. The fourth-order valence-electron chi connectivity index (χ4n) is 2.01. The summed E-state index contributed by atoms with van der Waals surface area (Å²) in [4.78, 5) is 0. The number of allylic oxidation sites excluding steroid dienone is 2. The van der Waals surface area contributed by atoms with Crippen molar-refractivity contribution in [2.45, 2.75) is 47.0 Å². The lowest BCUT2D eigenvalue weighted by Crippen LogP contribution is -2.03. The first kappa shape index (κ1) is 10.3. The van der Waals surface area contributed by atoms with Gasteiger partial charge in [-0.05, 0) is 37.0 Å². The molecule has 0 aromatic carbocycles. The van der Waals surface area contributed by atoms with Crippen LogP contribution >= 0.6 is 0 Å². The van der Waals surface area contributed by atoms with Gasteiger partial charge in [0, 0.05) is 6.08 Å². The van der Waals surface area contributed by atoms with Crippen LogP contribution in [0.15, 0.2) is 11.6 Å². The molecular weight excluding hydrogens is 158 g/mol. The van der Waals surface area contributed by atoms with Crippen LogP contribution in [0.3, 0.4) is 0 Å². The van der Waals surface area contributed by atoms with Gasteiger partial charge in [-0.2, -0.15) is 5.26 Å². The second-order valence-corrected chi connectivity index (χ2v) is 5.24. The molecule has 1 saturated carbocycles. The van der Waals surface area contributed by atoms with Gasteiger partial charge >= 0.3 is 0 Å². The number of nitrogens with zero attached hydrogens (tertiary/aromatic N) is 1. The third-order valence-corrected chi connectivity index (χ3v) is 3.72. The molecule has 0 amide bonds. The zero-order valence-electron chi connectivity index (χ0n) is 9.15. The van der Waals surface area contributed by atoms with Crippen molar-refractivity contribution >= 4 is 0 Å². The molecule has 1 heteroatoms. The lowest BCUT2D eigenvalue weighted by Gasteiger charge is -2.14. The maximum absolute atomic E-state index is 8.46. The number of nitriles is 1. The van der Waals surface area contributed by atoms with Gasteiger partial charge in [-0.3, -0.25) is 0 Å². The molecule has 0 radical (unpaired) electrons. The zero-order valence-corrected chi connectivity index (χ0v) is 9.15. The minimum absolute atomic E-state index is 0.525. The molecule has 0 heterocycles. The van der Waals surface area contributed by atoms with Gasteiger partial charge in [0.25, 0.3) is 0 Å². The van der Waals surface area contributed by atoms with E-state index in [9.17, 15) is 0 Å². The fourth-order valence-corrected chi connectivity index (χ4v) is 2.01. The van der Waals surface area contributed by atoms with Gasteiger partial charge in [0.05, 0.1) is 6.07 Å². The normalized spacial score (nSPS) is 31.2. The van der Waals surface area contributed by atoms with Crippen LogP contribution in [0.2, 0.25) is 0 Å². The molecule has 0 saturated heterocycles. The number of hydrogen-bond donors (Lipinski definition) is 0. The molecule has 0 aliphatic heterocycles. The summed E-state index contributed by atoms with van der Waals surface area (Å²) < 4.78 is 0. The second-order valence-electron chi connectivity index (χ2n) is 5.24. The SMILES string of the molecule is C/C(=C/C#N)CCC1(C)CC1(C)C. The molecule has 1 aliphatic carbocycles. The molecule has 0 spiro atoms. The summed E-state index contributed by atoms with van der Waals surface area (Å²) >= 11 is 0. The van der Waals surface area contributed by atoms with Crippen LogP contribution in [0.25, 0.3) is 0 Å². The summed E-state index contributed by atoms with van der Waals surface area (Å²) in [6.07, 6.45) is 5.30. The Morgan fingerprint density at radius 1 is 1.46 bits per heavy atom. The third kappa shape index (κ3) is 2.12. The van der Waals surface area contributed by atoms with Crippen LogP contribution in [0.4, 0.5) is 0 Å². The number of hydrogen-bond acceptors (Lipinski definition) is 1. The van der Waals surface area contributed by atoms with Crippen molar-refractivity contribution in [1.29, 1.82) is 5.26 Å². The summed E-state index contributed by atoms with van der Waals surface area (Å²) in [6.45, 7) is 9.06. The Morgan fingerprint density at radius 3 is 2.38 bits per heavy atom. The third-order valence-electron chi connectivity index (χ3n) is 3.72. The van der Waals surface area contributed by atoms with E-state index in [0.717, 1.165) is 6.42 Å². The highest BCUT2D eigenvalue weighted by Crippen LogP contribution is 2.65. The summed E-state index contributed by atoms with van der Waals surface area (Å²) in [7, 11) is 0. The molecular formula is C12H19N. The first-order chi connectivity index (χ1) is 5.91. The Labute approximate surface area is 81.5 Å². The molecule has 0 N–H and O–H groups in total. The number of rotatable bonds is 3. The van der Waals surface area contributed by atoms with Crippen molar-refractivity contribution in [3.05, 3.63) is 11.6 Å². The predicted molar refractivity (Wildman–Crippen MR) is 55.1 cm³/mol. The van der Waals surface area contributed by atoms with Crippen molar-refractivity contribution in [3.8, 4) is 6.07 Å². The minimum Gasteiger partial charge on any atom is -0.193 e. The van der Waals surface area contributed by atoms with E-state index in [1.165, 1.54) is 18.4 Å². The summed E-state index contributed by atoms with van der Waals surface area (Å²) in [5.41, 5.74) is 2.27. The minimum atomic E-state index is 0.525. The lowest BCUT2D eigenvalue weighted by molar-refractivity contribution is 0.390. The van der Waals surface area contributed by atoms with E-state index in [2.05, 4.69) is 26.8 Å². The van der Waals surface area contributed by atoms with Gasteiger partial charge in [-0.25, -0.2) is 0 Å². The molecule has 13 heavy (non-hydrogen) atoms. The van der Waals surface area contributed by atoms with Gasteiger partial charge in [0.15, 0.2) is 0 Å². The highest BCUT2D eigenvalue weighted by atomic mass is 14.6. The average molecular weight is 177 g/mol. The van der Waals surface area contributed by atoms with Crippen LogP contribution in [0, 0.1) is 22.2 Å². The first-order valence-corrected chi connectivity index (χ1v) is 4.97. The predicted octanol–water partition coefficient (Wildman–Crippen LogP) is 3.67.